The predicted molar refractivity (Wildman–Crippen MR) is 186 cm³/mol. The van der Waals surface area contributed by atoms with Crippen LogP contribution in [0, 0.1) is 5.41 Å². The summed E-state index contributed by atoms with van der Waals surface area (Å²) in [5.74, 6) is -0.980. The number of esters is 1. The number of halogens is 1. The summed E-state index contributed by atoms with van der Waals surface area (Å²) in [7, 11) is 0. The Morgan fingerprint density at radius 1 is 1.02 bits per heavy atom. The second kappa shape index (κ2) is 17.0. The number of anilines is 3. The number of nitrogens with zero attached hydrogens (tertiary/aromatic N) is 4. The summed E-state index contributed by atoms with van der Waals surface area (Å²) in [6, 6.07) is 7.46. The van der Waals surface area contributed by atoms with Crippen molar-refractivity contribution in [3.05, 3.63) is 46.7 Å². The first-order valence-corrected chi connectivity index (χ1v) is 16.7. The highest BCUT2D eigenvalue weighted by Gasteiger charge is 2.40. The van der Waals surface area contributed by atoms with Crippen LogP contribution in [0.5, 0.6) is 0 Å². The molecule has 0 aliphatic carbocycles. The molecule has 3 heterocycles. The minimum absolute atomic E-state index is 0.00669. The van der Waals surface area contributed by atoms with Gasteiger partial charge in [0.2, 0.25) is 0 Å². The number of likely N-dealkylation sites (tertiary alicyclic amines) is 1. The maximum absolute atomic E-state index is 13.4. The largest absolute Gasteiger partial charge is 0.456 e. The fraction of sp³-hybridized carbons (Fsp3) is 0.485. The van der Waals surface area contributed by atoms with Crippen LogP contribution in [-0.4, -0.2) is 96.2 Å². The summed E-state index contributed by atoms with van der Waals surface area (Å²) in [6.07, 6.45) is 3.47. The number of rotatable bonds is 12. The van der Waals surface area contributed by atoms with E-state index < -0.39 is 17.9 Å². The van der Waals surface area contributed by atoms with Crippen molar-refractivity contribution >= 4 is 64.2 Å². The van der Waals surface area contributed by atoms with Crippen molar-refractivity contribution in [2.75, 3.05) is 62.7 Å². The Morgan fingerprint density at radius 3 is 2.43 bits per heavy atom. The van der Waals surface area contributed by atoms with Gasteiger partial charge in [-0.05, 0) is 49.9 Å². The van der Waals surface area contributed by atoms with Gasteiger partial charge in [0.25, 0.3) is 17.7 Å². The van der Waals surface area contributed by atoms with Crippen molar-refractivity contribution in [2.24, 2.45) is 10.4 Å². The second-order valence-electron chi connectivity index (χ2n) is 12.2. The molecule has 5 amide bonds. The molecule has 2 aromatic rings. The number of nitrogens with two attached hydrogens (primary N) is 2. The molecular weight excluding hydrogens is 654 g/mol. The molecule has 2 aliphatic heterocycles. The van der Waals surface area contributed by atoms with Gasteiger partial charge < -0.3 is 42.0 Å². The van der Waals surface area contributed by atoms with Gasteiger partial charge >= 0.3 is 12.0 Å². The lowest BCUT2D eigenvalue weighted by atomic mass is 9.77. The van der Waals surface area contributed by atoms with E-state index in [4.69, 9.17) is 27.8 Å². The summed E-state index contributed by atoms with van der Waals surface area (Å²) in [5, 5.41) is 8.04. The summed E-state index contributed by atoms with van der Waals surface area (Å²) < 4.78 is 5.07. The van der Waals surface area contributed by atoms with E-state index in [9.17, 15) is 24.0 Å². The maximum atomic E-state index is 13.4. The monoisotopic (exact) mass is 697 g/mol. The predicted octanol–water partition coefficient (Wildman–Crippen LogP) is 3.06. The minimum Gasteiger partial charge on any atom is -0.456 e. The average Bonchev–Trinajstić information content (AvgIpc) is 3.46. The van der Waals surface area contributed by atoms with Gasteiger partial charge in [0.15, 0.2) is 17.5 Å². The van der Waals surface area contributed by atoms with Gasteiger partial charge in [0.1, 0.15) is 5.84 Å². The summed E-state index contributed by atoms with van der Waals surface area (Å²) in [6.45, 7) is 6.38. The number of ether oxygens (including phenoxy) is 1. The number of benzene rings is 1. The molecule has 1 aromatic carbocycles. The van der Waals surface area contributed by atoms with Gasteiger partial charge in [0, 0.05) is 62.4 Å². The van der Waals surface area contributed by atoms with Crippen molar-refractivity contribution in [1.29, 1.82) is 0 Å². The molecule has 49 heavy (non-hydrogen) atoms. The quantitative estimate of drug-likeness (QED) is 0.163. The molecule has 1 saturated heterocycles. The average molecular weight is 698 g/mol. The molecular formula is C33H44ClN9O6. The lowest BCUT2D eigenvalue weighted by molar-refractivity contribution is -0.152. The molecule has 0 saturated carbocycles. The normalized spacial score (nSPS) is 14.9. The SMILES string of the molecule is CCCN(CCC)C(=O)COC(=O)CCNC(=O)Nc1cccc(C(=O)N2CCC3(CC2)CN=C(NC(=O)c2nc(Cl)c(N)cc2N)C3)c1. The zero-order valence-corrected chi connectivity index (χ0v) is 28.6. The number of aromatic nitrogens is 1. The van der Waals surface area contributed by atoms with E-state index in [1.165, 1.54) is 6.07 Å². The number of hydrogen-bond donors (Lipinski definition) is 5. The number of nitrogens with one attached hydrogen (secondary N) is 3. The third-order valence-electron chi connectivity index (χ3n) is 8.44. The summed E-state index contributed by atoms with van der Waals surface area (Å²) in [5.41, 5.74) is 12.5. The highest BCUT2D eigenvalue weighted by molar-refractivity contribution is 6.32. The third kappa shape index (κ3) is 10.0. The van der Waals surface area contributed by atoms with Crippen LogP contribution in [0.25, 0.3) is 0 Å². The molecule has 1 fully saturated rings. The number of amidine groups is 1. The Bertz CT molecular complexity index is 1590. The van der Waals surface area contributed by atoms with Gasteiger partial charge in [0.05, 0.1) is 17.8 Å². The lowest BCUT2D eigenvalue weighted by Gasteiger charge is -2.38. The number of urea groups is 1. The number of aliphatic imine (C=N–C) groups is 1. The van der Waals surface area contributed by atoms with Gasteiger partial charge in [-0.15, -0.1) is 0 Å². The van der Waals surface area contributed by atoms with Crippen LogP contribution < -0.4 is 27.4 Å². The van der Waals surface area contributed by atoms with Crippen LogP contribution in [0.2, 0.25) is 5.15 Å². The van der Waals surface area contributed by atoms with Crippen molar-refractivity contribution in [3.63, 3.8) is 0 Å². The van der Waals surface area contributed by atoms with Crippen molar-refractivity contribution < 1.29 is 28.7 Å². The minimum atomic E-state index is -0.589. The molecule has 4 rings (SSSR count). The zero-order valence-electron chi connectivity index (χ0n) is 27.9. The number of amides is 5. The van der Waals surface area contributed by atoms with Crippen molar-refractivity contribution in [3.8, 4) is 0 Å². The van der Waals surface area contributed by atoms with Crippen LogP contribution in [0.3, 0.4) is 0 Å². The van der Waals surface area contributed by atoms with Gasteiger partial charge in [-0.3, -0.25) is 24.2 Å². The molecule has 0 unspecified atom stereocenters. The Labute approximate surface area is 290 Å². The van der Waals surface area contributed by atoms with E-state index in [0.29, 0.717) is 69.1 Å². The van der Waals surface area contributed by atoms with Crippen LogP contribution in [0.15, 0.2) is 35.3 Å². The standard InChI is InChI=1S/C33H44ClN9O6/c1-3-12-42(13-4-2)26(44)19-49-27(45)8-11-37-32(48)39-22-7-5-6-21(16-22)31(47)43-14-9-33(10-15-43)18-25(38-20-33)40-30(46)28-23(35)17-24(36)29(34)41-28/h5-7,16-17H,3-4,8-15,18-20,35-36H2,1-2H3,(H2,37,39,48)(H,38,40,46). The number of carbonyl (C=O) groups is 5. The molecule has 0 bridgehead atoms. The van der Waals surface area contributed by atoms with Crippen LogP contribution in [-0.2, 0) is 14.3 Å². The van der Waals surface area contributed by atoms with Crippen LogP contribution in [0.4, 0.5) is 21.9 Å². The Kier molecular flexibility index (Phi) is 12.8. The molecule has 7 N–H and O–H groups in total. The first-order valence-electron chi connectivity index (χ1n) is 16.4. The molecule has 1 aromatic heterocycles. The molecule has 15 nitrogen and oxygen atoms in total. The first-order chi connectivity index (χ1) is 23.4. The number of hydrogen-bond acceptors (Lipinski definition) is 10. The topological polar surface area (TPSA) is 214 Å². The van der Waals surface area contributed by atoms with E-state index in [0.717, 1.165) is 12.8 Å². The number of piperidine rings is 1. The van der Waals surface area contributed by atoms with E-state index in [-0.39, 0.29) is 59.0 Å². The first kappa shape index (κ1) is 36.9. The lowest BCUT2D eigenvalue weighted by Crippen LogP contribution is -2.44. The van der Waals surface area contributed by atoms with E-state index >= 15 is 0 Å². The van der Waals surface area contributed by atoms with Crippen molar-refractivity contribution in [1.82, 2.24) is 25.4 Å². The molecule has 2 aliphatic rings. The Hall–Kier alpha value is -4.92. The van der Waals surface area contributed by atoms with Crippen LogP contribution >= 0.6 is 11.6 Å². The molecule has 264 valence electrons. The number of carbonyl (C=O) groups excluding carboxylic acids is 5. The van der Waals surface area contributed by atoms with Gasteiger partial charge in [-0.2, -0.15) is 0 Å². The molecule has 16 heteroatoms. The fourth-order valence-electron chi connectivity index (χ4n) is 5.80. The summed E-state index contributed by atoms with van der Waals surface area (Å²) >= 11 is 5.96. The number of nitrogen functional groups attached to an aromatic ring is 2. The van der Waals surface area contributed by atoms with Gasteiger partial charge in [-0.1, -0.05) is 31.5 Å². The fourth-order valence-corrected chi connectivity index (χ4v) is 5.94. The van der Waals surface area contributed by atoms with E-state index in [2.05, 4.69) is 25.9 Å². The highest BCUT2D eigenvalue weighted by atomic mass is 35.5. The highest BCUT2D eigenvalue weighted by Crippen LogP contribution is 2.39. The van der Waals surface area contributed by atoms with Crippen LogP contribution in [0.1, 0.15) is 73.2 Å². The second-order valence-corrected chi connectivity index (χ2v) is 12.6. The Balaban J connectivity index is 1.19. The van der Waals surface area contributed by atoms with Gasteiger partial charge in [-0.25, -0.2) is 9.78 Å². The van der Waals surface area contributed by atoms with E-state index in [1.54, 1.807) is 34.1 Å². The maximum Gasteiger partial charge on any atom is 0.319 e. The van der Waals surface area contributed by atoms with E-state index in [1.807, 2.05) is 13.8 Å². The molecule has 1 spiro atoms. The zero-order chi connectivity index (χ0) is 35.6. The van der Waals surface area contributed by atoms with Crippen molar-refractivity contribution in [2.45, 2.75) is 52.4 Å². The molecule has 0 atom stereocenters. The Morgan fingerprint density at radius 2 is 1.73 bits per heavy atom. The smallest absolute Gasteiger partial charge is 0.319 e. The number of pyridine rings is 1. The summed E-state index contributed by atoms with van der Waals surface area (Å²) in [4.78, 5) is 74.9. The third-order valence-corrected chi connectivity index (χ3v) is 8.75. The molecule has 0 radical (unpaired) electrons.